The molecule has 0 radical (unpaired) electrons. The number of aliphatic imine (C=N–C) groups is 1. The molecule has 0 fully saturated rings. The van der Waals surface area contributed by atoms with Gasteiger partial charge in [-0.2, -0.15) is 0 Å². The van der Waals surface area contributed by atoms with Crippen molar-refractivity contribution in [3.63, 3.8) is 0 Å². The fraction of sp³-hybridized carbons (Fsp3) is 0.379. The number of anilines is 1. The molecule has 1 aromatic carbocycles. The molecular weight excluding hydrogens is 514 g/mol. The summed E-state index contributed by atoms with van der Waals surface area (Å²) in [7, 11) is 1.25. The van der Waals surface area contributed by atoms with Gasteiger partial charge in [-0.25, -0.2) is 9.78 Å². The maximum atomic E-state index is 13.2. The van der Waals surface area contributed by atoms with Crippen LogP contribution in [0.3, 0.4) is 0 Å². The van der Waals surface area contributed by atoms with E-state index in [4.69, 9.17) is 4.74 Å². The van der Waals surface area contributed by atoms with E-state index < -0.39 is 42.3 Å². The molecule has 1 heterocycles. The van der Waals surface area contributed by atoms with Gasteiger partial charge in [0.1, 0.15) is 30.2 Å². The number of pyridine rings is 1. The monoisotopic (exact) mass is 551 g/mol. The minimum absolute atomic E-state index is 0.108. The number of benzene rings is 1. The van der Waals surface area contributed by atoms with Crippen LogP contribution >= 0.6 is 0 Å². The third-order valence-corrected chi connectivity index (χ3v) is 5.66. The molecule has 0 aliphatic heterocycles. The summed E-state index contributed by atoms with van der Waals surface area (Å²) in [5.74, 6) is -2.26. The van der Waals surface area contributed by atoms with Crippen LogP contribution in [0.5, 0.6) is 0 Å². The molecule has 2 rings (SSSR count). The number of ether oxygens (including phenoxy) is 1. The van der Waals surface area contributed by atoms with Gasteiger partial charge in [0.25, 0.3) is 5.91 Å². The molecule has 0 aliphatic carbocycles. The van der Waals surface area contributed by atoms with Crippen molar-refractivity contribution in [2.75, 3.05) is 19.0 Å². The van der Waals surface area contributed by atoms with Crippen molar-refractivity contribution in [3.8, 4) is 0 Å². The minimum Gasteiger partial charge on any atom is -0.512 e. The number of rotatable bonds is 13. The normalized spacial score (nSPS) is 13.2. The zero-order valence-corrected chi connectivity index (χ0v) is 23.4. The van der Waals surface area contributed by atoms with E-state index in [1.165, 1.54) is 14.0 Å². The maximum absolute atomic E-state index is 13.2. The molecule has 4 N–H and O–H groups in total. The zero-order valence-electron chi connectivity index (χ0n) is 23.4. The first-order valence-electron chi connectivity index (χ1n) is 12.9. The van der Waals surface area contributed by atoms with Crippen molar-refractivity contribution < 1.29 is 29.0 Å². The van der Waals surface area contributed by atoms with Crippen molar-refractivity contribution in [1.82, 2.24) is 15.6 Å². The lowest BCUT2D eigenvalue weighted by atomic mass is 10.0. The summed E-state index contributed by atoms with van der Waals surface area (Å²) in [5.41, 5.74) is 1.35. The Morgan fingerprint density at radius 2 is 1.73 bits per heavy atom. The predicted molar refractivity (Wildman–Crippen MR) is 152 cm³/mol. The number of allylic oxidation sites excluding steroid dienone is 1. The summed E-state index contributed by atoms with van der Waals surface area (Å²) in [6.07, 6.45) is 1.62. The Hall–Kier alpha value is -4.54. The number of nitrogens with one attached hydrogen (secondary N) is 3. The van der Waals surface area contributed by atoms with Crippen LogP contribution in [-0.4, -0.2) is 65.7 Å². The maximum Gasteiger partial charge on any atom is 0.328 e. The van der Waals surface area contributed by atoms with Crippen LogP contribution in [0.2, 0.25) is 0 Å². The molecule has 11 heteroatoms. The first-order valence-corrected chi connectivity index (χ1v) is 12.9. The number of aromatic nitrogens is 1. The highest BCUT2D eigenvalue weighted by atomic mass is 16.5. The predicted octanol–water partition coefficient (Wildman–Crippen LogP) is 2.66. The summed E-state index contributed by atoms with van der Waals surface area (Å²) < 4.78 is 4.83. The van der Waals surface area contributed by atoms with Gasteiger partial charge in [-0.15, -0.1) is 0 Å². The Morgan fingerprint density at radius 1 is 1.02 bits per heavy atom. The van der Waals surface area contributed by atoms with Crippen molar-refractivity contribution in [1.29, 1.82) is 0 Å². The smallest absolute Gasteiger partial charge is 0.328 e. The van der Waals surface area contributed by atoms with Crippen LogP contribution < -0.4 is 16.0 Å². The van der Waals surface area contributed by atoms with E-state index in [1.807, 2.05) is 44.2 Å². The van der Waals surface area contributed by atoms with Crippen molar-refractivity contribution in [2.45, 2.75) is 52.6 Å². The van der Waals surface area contributed by atoms with Crippen molar-refractivity contribution in [2.24, 2.45) is 10.9 Å². The molecule has 2 atom stereocenters. The topological polar surface area (TPSA) is 159 Å². The number of carbonyl (C=O) groups excluding carboxylic acids is 4. The molecule has 11 nitrogen and oxygen atoms in total. The van der Waals surface area contributed by atoms with E-state index in [0.29, 0.717) is 17.9 Å². The van der Waals surface area contributed by atoms with Crippen LogP contribution in [0.25, 0.3) is 0 Å². The number of nitrogens with zero attached hydrogens (tertiary/aromatic N) is 2. The first-order chi connectivity index (χ1) is 19.0. The van der Waals surface area contributed by atoms with Crippen molar-refractivity contribution in [3.05, 3.63) is 71.1 Å². The van der Waals surface area contributed by atoms with Crippen LogP contribution in [-0.2, 0) is 30.3 Å². The van der Waals surface area contributed by atoms with E-state index in [1.54, 1.807) is 25.1 Å². The molecule has 40 heavy (non-hydrogen) atoms. The highest BCUT2D eigenvalue weighted by molar-refractivity contribution is 6.18. The Balaban J connectivity index is 2.12. The van der Waals surface area contributed by atoms with Crippen LogP contribution in [0.1, 0.15) is 38.4 Å². The van der Waals surface area contributed by atoms with Gasteiger partial charge in [-0.3, -0.25) is 19.4 Å². The van der Waals surface area contributed by atoms with E-state index in [0.717, 1.165) is 11.8 Å². The highest BCUT2D eigenvalue weighted by Crippen LogP contribution is 2.10. The first kappa shape index (κ1) is 31.7. The van der Waals surface area contributed by atoms with Gasteiger partial charge in [0.05, 0.1) is 12.7 Å². The fourth-order valence-electron chi connectivity index (χ4n) is 3.73. The number of aliphatic hydroxyl groups is 1. The summed E-state index contributed by atoms with van der Waals surface area (Å²) in [4.78, 5) is 59.0. The molecule has 0 saturated heterocycles. The summed E-state index contributed by atoms with van der Waals surface area (Å²) in [6.45, 7) is 6.50. The van der Waals surface area contributed by atoms with Gasteiger partial charge in [-0.1, -0.05) is 50.2 Å². The number of aliphatic hydroxyl groups excluding tert-OH is 1. The average molecular weight is 552 g/mol. The number of carbonyl (C=O) groups is 4. The number of methoxy groups -OCH3 is 1. The largest absolute Gasteiger partial charge is 0.512 e. The van der Waals surface area contributed by atoms with Crippen LogP contribution in [0.15, 0.2) is 64.9 Å². The van der Waals surface area contributed by atoms with Gasteiger partial charge in [0.15, 0.2) is 0 Å². The lowest BCUT2D eigenvalue weighted by Crippen LogP contribution is -2.53. The molecule has 3 amide bonds. The summed E-state index contributed by atoms with van der Waals surface area (Å²) in [6, 6.07) is 12.3. The van der Waals surface area contributed by atoms with Crippen molar-refractivity contribution >= 4 is 35.7 Å². The molecule has 214 valence electrons. The van der Waals surface area contributed by atoms with Crippen LogP contribution in [0.4, 0.5) is 5.82 Å². The number of esters is 1. The molecule has 1 aromatic heterocycles. The molecule has 0 aliphatic rings. The lowest BCUT2D eigenvalue weighted by Gasteiger charge is -2.23. The van der Waals surface area contributed by atoms with Crippen LogP contribution in [0, 0.1) is 12.8 Å². The highest BCUT2D eigenvalue weighted by Gasteiger charge is 2.28. The Bertz CT molecular complexity index is 1240. The number of hydrogen-bond donors (Lipinski definition) is 4. The molecule has 0 spiro atoms. The third kappa shape index (κ3) is 10.7. The Kier molecular flexibility index (Phi) is 12.5. The number of hydrogen-bond acceptors (Lipinski definition) is 8. The number of aryl methyl sites for hydroxylation is 1. The van der Waals surface area contributed by atoms with E-state index in [2.05, 4.69) is 25.9 Å². The van der Waals surface area contributed by atoms with Gasteiger partial charge in [-0.05, 0) is 43.9 Å². The van der Waals surface area contributed by atoms with Gasteiger partial charge in [0.2, 0.25) is 11.8 Å². The second-order valence-corrected chi connectivity index (χ2v) is 9.61. The molecule has 0 bridgehead atoms. The average Bonchev–Trinajstić information content (AvgIpc) is 2.89. The molecule has 2 aromatic rings. The van der Waals surface area contributed by atoms with Gasteiger partial charge in [0, 0.05) is 18.3 Å². The molecular formula is C29H37N5O6. The second-order valence-electron chi connectivity index (χ2n) is 9.61. The SMILES string of the molecule is COC(=O)C(CC(C)C)NC(=O)C(Cc1ccccc1)NC(=O)CN=C/C(C(=O)Nc1cccc(C)n1)=C(/C)O. The van der Waals surface area contributed by atoms with Gasteiger partial charge >= 0.3 is 5.97 Å². The lowest BCUT2D eigenvalue weighted by molar-refractivity contribution is -0.145. The summed E-state index contributed by atoms with van der Waals surface area (Å²) >= 11 is 0. The molecule has 2 unspecified atom stereocenters. The second kappa shape index (κ2) is 15.8. The van der Waals surface area contributed by atoms with E-state index >= 15 is 0 Å². The third-order valence-electron chi connectivity index (χ3n) is 5.66. The fourth-order valence-corrected chi connectivity index (χ4v) is 3.73. The van der Waals surface area contributed by atoms with E-state index in [-0.39, 0.29) is 23.7 Å². The zero-order chi connectivity index (χ0) is 29.7. The summed E-state index contributed by atoms with van der Waals surface area (Å²) in [5, 5.41) is 17.9. The Morgan fingerprint density at radius 3 is 2.33 bits per heavy atom. The van der Waals surface area contributed by atoms with Gasteiger partial charge < -0.3 is 25.8 Å². The number of amides is 3. The standard InChI is InChI=1S/C29H37N5O6/c1-18(2)14-24(29(39)40-5)33-28(38)23(15-21-11-7-6-8-12-21)32-26(36)17-30-16-22(20(4)35)27(37)34-25-13-9-10-19(3)31-25/h6-13,16,18,23-24,35H,14-15,17H2,1-5H3,(H,32,36)(H,33,38)(H,31,34,37)/b22-20+,30-16?. The molecule has 0 saturated carbocycles. The minimum atomic E-state index is -1.00. The van der Waals surface area contributed by atoms with E-state index in [9.17, 15) is 24.3 Å². The quantitative estimate of drug-likeness (QED) is 0.129. The Labute approximate surface area is 234 Å².